The number of anilines is 2. The molecule has 1 N–H and O–H groups in total. The number of nitrogens with zero attached hydrogens (tertiary/aromatic N) is 5. The van der Waals surface area contributed by atoms with Gasteiger partial charge in [-0.25, -0.2) is 4.68 Å². The van der Waals surface area contributed by atoms with E-state index in [9.17, 15) is 18.0 Å². The Bertz CT molecular complexity index is 838. The second kappa shape index (κ2) is 8.35. The maximum Gasteiger partial charge on any atom is 0.416 e. The fraction of sp³-hybridized carbons (Fsp3) is 0.500. The molecule has 0 spiro atoms. The zero-order chi connectivity index (χ0) is 20.3. The van der Waals surface area contributed by atoms with Crippen LogP contribution in [-0.2, 0) is 22.8 Å². The van der Waals surface area contributed by atoms with Crippen molar-refractivity contribution in [1.29, 1.82) is 0 Å². The molecule has 3 rings (SSSR count). The van der Waals surface area contributed by atoms with E-state index in [0.29, 0.717) is 37.1 Å². The SMILES string of the molecule is C[C@@H](Sc1nnnn1C)C(=O)Nc1cc(C(F)(F)F)ccc1N1CCOCC1. The predicted octanol–water partition coefficient (Wildman–Crippen LogP) is 2.18. The third-order valence-electron chi connectivity index (χ3n) is 4.17. The molecule has 152 valence electrons. The van der Waals surface area contributed by atoms with E-state index in [1.807, 2.05) is 4.90 Å². The Morgan fingerprint density at radius 2 is 2.04 bits per heavy atom. The smallest absolute Gasteiger partial charge is 0.378 e. The summed E-state index contributed by atoms with van der Waals surface area (Å²) in [5.41, 5.74) is -0.176. The normalized spacial score (nSPS) is 16.1. The zero-order valence-electron chi connectivity index (χ0n) is 15.2. The van der Waals surface area contributed by atoms with E-state index in [1.54, 1.807) is 14.0 Å². The Labute approximate surface area is 163 Å². The van der Waals surface area contributed by atoms with Crippen LogP contribution in [0.15, 0.2) is 23.4 Å². The molecule has 2 heterocycles. The molecule has 0 unspecified atom stereocenters. The first-order valence-corrected chi connectivity index (χ1v) is 9.37. The van der Waals surface area contributed by atoms with E-state index in [1.165, 1.54) is 10.7 Å². The number of rotatable bonds is 5. The molecule has 1 aromatic carbocycles. The maximum absolute atomic E-state index is 13.2. The lowest BCUT2D eigenvalue weighted by Crippen LogP contribution is -2.37. The van der Waals surface area contributed by atoms with Crippen molar-refractivity contribution in [1.82, 2.24) is 20.2 Å². The van der Waals surface area contributed by atoms with Crippen molar-refractivity contribution in [3.05, 3.63) is 23.8 Å². The summed E-state index contributed by atoms with van der Waals surface area (Å²) in [5.74, 6) is -0.443. The number of hydrogen-bond donors (Lipinski definition) is 1. The van der Waals surface area contributed by atoms with Crippen LogP contribution in [0.4, 0.5) is 24.5 Å². The Hall–Kier alpha value is -2.34. The van der Waals surface area contributed by atoms with Gasteiger partial charge < -0.3 is 15.0 Å². The molecule has 8 nitrogen and oxygen atoms in total. The van der Waals surface area contributed by atoms with Gasteiger partial charge in [-0.15, -0.1) is 5.10 Å². The highest BCUT2D eigenvalue weighted by Gasteiger charge is 2.32. The molecule has 1 aliphatic rings. The van der Waals surface area contributed by atoms with Gasteiger partial charge in [0, 0.05) is 20.1 Å². The van der Waals surface area contributed by atoms with Gasteiger partial charge in [0.25, 0.3) is 0 Å². The van der Waals surface area contributed by atoms with Crippen LogP contribution in [0, 0.1) is 0 Å². The number of hydrogen-bond acceptors (Lipinski definition) is 7. The van der Waals surface area contributed by atoms with Crippen molar-refractivity contribution in [3.8, 4) is 0 Å². The second-order valence-corrected chi connectivity index (χ2v) is 7.47. The average molecular weight is 416 g/mol. The van der Waals surface area contributed by atoms with Gasteiger partial charge in [-0.1, -0.05) is 11.8 Å². The van der Waals surface area contributed by atoms with Crippen LogP contribution >= 0.6 is 11.8 Å². The number of ether oxygens (including phenoxy) is 1. The number of morpholine rings is 1. The van der Waals surface area contributed by atoms with E-state index < -0.39 is 22.9 Å². The fourth-order valence-electron chi connectivity index (χ4n) is 2.66. The summed E-state index contributed by atoms with van der Waals surface area (Å²) in [6.45, 7) is 3.64. The van der Waals surface area contributed by atoms with Crippen LogP contribution in [-0.4, -0.2) is 57.7 Å². The number of thioether (sulfide) groups is 1. The van der Waals surface area contributed by atoms with Crippen molar-refractivity contribution in [2.24, 2.45) is 7.05 Å². The van der Waals surface area contributed by atoms with E-state index in [-0.39, 0.29) is 5.69 Å². The standard InChI is InChI=1S/C16H19F3N6O2S/c1-10(28-15-21-22-23-24(15)2)14(26)20-12-9-11(16(17,18)19)3-4-13(12)25-5-7-27-8-6-25/h3-4,9-10H,5-8H2,1-2H3,(H,20,26)/t10-/m1/s1. The number of halogens is 3. The van der Waals surface area contributed by atoms with Crippen LogP contribution in [0.3, 0.4) is 0 Å². The zero-order valence-corrected chi connectivity index (χ0v) is 16.0. The first kappa shape index (κ1) is 20.4. The lowest BCUT2D eigenvalue weighted by Gasteiger charge is -2.31. The molecule has 1 aromatic heterocycles. The number of benzene rings is 1. The number of amides is 1. The van der Waals surface area contributed by atoms with Gasteiger partial charge in [0.2, 0.25) is 11.1 Å². The van der Waals surface area contributed by atoms with E-state index >= 15 is 0 Å². The molecule has 1 aliphatic heterocycles. The number of tetrazole rings is 1. The molecule has 0 radical (unpaired) electrons. The molecule has 0 saturated carbocycles. The summed E-state index contributed by atoms with van der Waals surface area (Å²) >= 11 is 1.11. The van der Waals surface area contributed by atoms with Gasteiger partial charge in [0.05, 0.1) is 35.4 Å². The summed E-state index contributed by atoms with van der Waals surface area (Å²) < 4.78 is 46.2. The lowest BCUT2D eigenvalue weighted by molar-refractivity contribution is -0.137. The van der Waals surface area contributed by atoms with Crippen LogP contribution in [0.5, 0.6) is 0 Å². The average Bonchev–Trinajstić information content (AvgIpc) is 3.06. The predicted molar refractivity (Wildman–Crippen MR) is 97.2 cm³/mol. The summed E-state index contributed by atoms with van der Waals surface area (Å²) in [4.78, 5) is 14.5. The van der Waals surface area contributed by atoms with Crippen LogP contribution in [0.1, 0.15) is 12.5 Å². The van der Waals surface area contributed by atoms with Gasteiger partial charge in [-0.05, 0) is 35.5 Å². The first-order valence-electron chi connectivity index (χ1n) is 8.49. The Kier molecular flexibility index (Phi) is 6.08. The summed E-state index contributed by atoms with van der Waals surface area (Å²) in [6.07, 6.45) is -4.51. The van der Waals surface area contributed by atoms with Gasteiger partial charge in [-0.2, -0.15) is 13.2 Å². The second-order valence-electron chi connectivity index (χ2n) is 6.16. The van der Waals surface area contributed by atoms with Crippen molar-refractivity contribution in [2.75, 3.05) is 36.5 Å². The maximum atomic E-state index is 13.2. The van der Waals surface area contributed by atoms with Gasteiger partial charge in [0.1, 0.15) is 0 Å². The molecule has 1 atom stereocenters. The highest BCUT2D eigenvalue weighted by atomic mass is 32.2. The van der Waals surface area contributed by atoms with Gasteiger partial charge in [-0.3, -0.25) is 4.79 Å². The lowest BCUT2D eigenvalue weighted by atomic mass is 10.1. The number of alkyl halides is 3. The molecule has 0 bridgehead atoms. The van der Waals surface area contributed by atoms with Crippen molar-refractivity contribution >= 4 is 29.0 Å². The first-order chi connectivity index (χ1) is 13.3. The minimum absolute atomic E-state index is 0.116. The Morgan fingerprint density at radius 3 is 2.64 bits per heavy atom. The largest absolute Gasteiger partial charge is 0.416 e. The van der Waals surface area contributed by atoms with Crippen molar-refractivity contribution in [3.63, 3.8) is 0 Å². The van der Waals surface area contributed by atoms with Crippen LogP contribution < -0.4 is 10.2 Å². The summed E-state index contributed by atoms with van der Waals surface area (Å²) in [7, 11) is 1.64. The highest BCUT2D eigenvalue weighted by molar-refractivity contribution is 8.00. The van der Waals surface area contributed by atoms with Gasteiger partial charge >= 0.3 is 6.18 Å². The third-order valence-corrected chi connectivity index (χ3v) is 5.29. The monoisotopic (exact) mass is 416 g/mol. The number of aromatic nitrogens is 4. The van der Waals surface area contributed by atoms with E-state index in [4.69, 9.17) is 4.74 Å². The summed E-state index contributed by atoms with van der Waals surface area (Å²) in [6, 6.07) is 3.36. The number of aryl methyl sites for hydroxylation is 1. The number of carbonyl (C=O) groups is 1. The Balaban J connectivity index is 1.83. The number of carbonyl (C=O) groups excluding carboxylic acids is 1. The molecule has 1 amide bonds. The molecule has 12 heteroatoms. The van der Waals surface area contributed by atoms with E-state index in [2.05, 4.69) is 20.8 Å². The topological polar surface area (TPSA) is 85.2 Å². The minimum atomic E-state index is -4.51. The minimum Gasteiger partial charge on any atom is -0.378 e. The Morgan fingerprint density at radius 1 is 1.32 bits per heavy atom. The van der Waals surface area contributed by atoms with E-state index in [0.717, 1.165) is 23.9 Å². The molecule has 2 aromatic rings. The van der Waals surface area contributed by atoms with Crippen LogP contribution in [0.25, 0.3) is 0 Å². The summed E-state index contributed by atoms with van der Waals surface area (Å²) in [5, 5.41) is 13.4. The highest BCUT2D eigenvalue weighted by Crippen LogP contribution is 2.36. The number of nitrogens with one attached hydrogen (secondary N) is 1. The quantitative estimate of drug-likeness (QED) is 0.748. The fourth-order valence-corrected chi connectivity index (χ4v) is 3.41. The van der Waals surface area contributed by atoms with Crippen LogP contribution in [0.2, 0.25) is 0 Å². The molecular weight excluding hydrogens is 397 g/mol. The third kappa shape index (κ3) is 4.73. The van der Waals surface area contributed by atoms with Gasteiger partial charge in [0.15, 0.2) is 0 Å². The molecule has 0 aliphatic carbocycles. The van der Waals surface area contributed by atoms with Crippen molar-refractivity contribution < 1.29 is 22.7 Å². The molecule has 1 fully saturated rings. The molecule has 28 heavy (non-hydrogen) atoms. The van der Waals surface area contributed by atoms with Crippen molar-refractivity contribution in [2.45, 2.75) is 23.5 Å². The molecular formula is C16H19F3N6O2S. The molecule has 1 saturated heterocycles.